The van der Waals surface area contributed by atoms with Crippen LogP contribution in [0.3, 0.4) is 0 Å². The summed E-state index contributed by atoms with van der Waals surface area (Å²) in [5, 5.41) is 3.40. The first-order valence-electron chi connectivity index (χ1n) is 5.76. The summed E-state index contributed by atoms with van der Waals surface area (Å²) in [6, 6.07) is 4.10. The minimum Gasteiger partial charge on any atom is -0.481 e. The molecule has 1 aliphatic rings. The maximum absolute atomic E-state index is 5.88. The summed E-state index contributed by atoms with van der Waals surface area (Å²) in [4.78, 5) is 4.32. The Morgan fingerprint density at radius 1 is 1.44 bits per heavy atom. The van der Waals surface area contributed by atoms with Gasteiger partial charge in [-0.25, -0.2) is 0 Å². The third-order valence-electron chi connectivity index (χ3n) is 3.15. The number of pyridine rings is 1. The number of rotatable bonds is 3. The fraction of sp³-hybridized carbons (Fsp3) is 0.583. The number of ether oxygens (including phenoxy) is 1. The molecule has 2 atom stereocenters. The normalized spacial score (nSPS) is 24.4. The molecule has 0 amide bonds. The SMILES string of the molecule is COc1ccc(N)c(NC2CCC(C)C2)n1. The van der Waals surface area contributed by atoms with Crippen LogP contribution in [0.1, 0.15) is 26.2 Å². The van der Waals surface area contributed by atoms with E-state index in [0.29, 0.717) is 17.6 Å². The van der Waals surface area contributed by atoms with Gasteiger partial charge in [-0.1, -0.05) is 6.92 Å². The highest BCUT2D eigenvalue weighted by Gasteiger charge is 2.22. The van der Waals surface area contributed by atoms with Crippen molar-refractivity contribution in [1.29, 1.82) is 0 Å². The van der Waals surface area contributed by atoms with Crippen molar-refractivity contribution in [3.05, 3.63) is 12.1 Å². The molecule has 4 nitrogen and oxygen atoms in total. The minimum atomic E-state index is 0.497. The molecule has 0 spiro atoms. The highest BCUT2D eigenvalue weighted by atomic mass is 16.5. The van der Waals surface area contributed by atoms with Crippen LogP contribution in [0.25, 0.3) is 0 Å². The molecular weight excluding hydrogens is 202 g/mol. The first-order chi connectivity index (χ1) is 7.69. The van der Waals surface area contributed by atoms with Crippen LogP contribution in [0.5, 0.6) is 5.88 Å². The Kier molecular flexibility index (Phi) is 3.17. The molecular formula is C12H19N3O. The predicted molar refractivity (Wildman–Crippen MR) is 65.6 cm³/mol. The number of methoxy groups -OCH3 is 1. The van der Waals surface area contributed by atoms with Gasteiger partial charge in [0.25, 0.3) is 0 Å². The van der Waals surface area contributed by atoms with Crippen molar-refractivity contribution in [2.75, 3.05) is 18.2 Å². The average molecular weight is 221 g/mol. The molecule has 2 unspecified atom stereocenters. The van der Waals surface area contributed by atoms with Gasteiger partial charge in [-0.2, -0.15) is 4.98 Å². The summed E-state index contributed by atoms with van der Waals surface area (Å²) in [5.41, 5.74) is 6.56. The number of hydrogen-bond acceptors (Lipinski definition) is 4. The zero-order chi connectivity index (χ0) is 11.5. The van der Waals surface area contributed by atoms with Crippen LogP contribution in [0.15, 0.2) is 12.1 Å². The highest BCUT2D eigenvalue weighted by Crippen LogP contribution is 2.29. The molecule has 1 aromatic heterocycles. The monoisotopic (exact) mass is 221 g/mol. The summed E-state index contributed by atoms with van der Waals surface area (Å²) in [5.74, 6) is 2.14. The predicted octanol–water partition coefficient (Wildman–Crippen LogP) is 2.27. The second-order valence-electron chi connectivity index (χ2n) is 4.55. The third-order valence-corrected chi connectivity index (χ3v) is 3.15. The van der Waals surface area contributed by atoms with Gasteiger partial charge in [0.05, 0.1) is 12.8 Å². The molecule has 1 fully saturated rings. The highest BCUT2D eigenvalue weighted by molar-refractivity contribution is 5.62. The summed E-state index contributed by atoms with van der Waals surface area (Å²) < 4.78 is 5.09. The van der Waals surface area contributed by atoms with Crippen molar-refractivity contribution in [3.8, 4) is 5.88 Å². The summed E-state index contributed by atoms with van der Waals surface area (Å²) >= 11 is 0. The van der Waals surface area contributed by atoms with Crippen LogP contribution in [-0.4, -0.2) is 18.1 Å². The molecule has 1 heterocycles. The van der Waals surface area contributed by atoms with E-state index in [2.05, 4.69) is 17.2 Å². The van der Waals surface area contributed by atoms with E-state index in [-0.39, 0.29) is 0 Å². The van der Waals surface area contributed by atoms with Crippen LogP contribution < -0.4 is 15.8 Å². The number of nitrogens with zero attached hydrogens (tertiary/aromatic N) is 1. The average Bonchev–Trinajstić information content (AvgIpc) is 2.67. The molecule has 1 saturated carbocycles. The van der Waals surface area contributed by atoms with Crippen molar-refractivity contribution in [2.45, 2.75) is 32.2 Å². The Morgan fingerprint density at radius 2 is 2.25 bits per heavy atom. The Hall–Kier alpha value is -1.45. The molecule has 0 aromatic carbocycles. The maximum atomic E-state index is 5.88. The van der Waals surface area contributed by atoms with Gasteiger partial charge in [0.2, 0.25) is 5.88 Å². The van der Waals surface area contributed by atoms with Gasteiger partial charge in [-0.05, 0) is 31.2 Å². The topological polar surface area (TPSA) is 60.2 Å². The number of hydrogen-bond donors (Lipinski definition) is 2. The smallest absolute Gasteiger partial charge is 0.215 e. The Labute approximate surface area is 96.2 Å². The molecule has 3 N–H and O–H groups in total. The van der Waals surface area contributed by atoms with Gasteiger partial charge in [0, 0.05) is 12.1 Å². The van der Waals surface area contributed by atoms with Crippen LogP contribution in [0.2, 0.25) is 0 Å². The largest absolute Gasteiger partial charge is 0.481 e. The molecule has 0 bridgehead atoms. The van der Waals surface area contributed by atoms with Gasteiger partial charge in [0.15, 0.2) is 5.82 Å². The number of nitrogens with one attached hydrogen (secondary N) is 1. The first kappa shape index (κ1) is 11.0. The quantitative estimate of drug-likeness (QED) is 0.822. The second kappa shape index (κ2) is 4.60. The lowest BCUT2D eigenvalue weighted by atomic mass is 10.1. The van der Waals surface area contributed by atoms with Crippen molar-refractivity contribution in [3.63, 3.8) is 0 Å². The summed E-state index contributed by atoms with van der Waals surface area (Å²) in [6.07, 6.45) is 3.67. The molecule has 1 aromatic rings. The lowest BCUT2D eigenvalue weighted by Gasteiger charge is -2.15. The molecule has 0 aliphatic heterocycles. The van der Waals surface area contributed by atoms with E-state index < -0.39 is 0 Å². The van der Waals surface area contributed by atoms with Crippen molar-refractivity contribution in [2.24, 2.45) is 5.92 Å². The van der Waals surface area contributed by atoms with Gasteiger partial charge in [-0.3, -0.25) is 0 Å². The fourth-order valence-electron chi connectivity index (χ4n) is 2.21. The second-order valence-corrected chi connectivity index (χ2v) is 4.55. The molecule has 0 saturated heterocycles. The van der Waals surface area contributed by atoms with Gasteiger partial charge in [-0.15, -0.1) is 0 Å². The van der Waals surface area contributed by atoms with Gasteiger partial charge < -0.3 is 15.8 Å². The van der Waals surface area contributed by atoms with E-state index in [1.807, 2.05) is 6.07 Å². The maximum Gasteiger partial charge on any atom is 0.215 e. The summed E-state index contributed by atoms with van der Waals surface area (Å²) in [7, 11) is 1.61. The van der Waals surface area contributed by atoms with Gasteiger partial charge in [0.1, 0.15) is 0 Å². The van der Waals surface area contributed by atoms with Crippen LogP contribution in [-0.2, 0) is 0 Å². The zero-order valence-electron chi connectivity index (χ0n) is 9.86. The molecule has 0 radical (unpaired) electrons. The summed E-state index contributed by atoms with van der Waals surface area (Å²) in [6.45, 7) is 2.28. The molecule has 2 rings (SSSR count). The standard InChI is InChI=1S/C12H19N3O/c1-8-3-4-9(7-8)14-12-10(13)5-6-11(15-12)16-2/h5-6,8-9H,3-4,7,13H2,1-2H3,(H,14,15). The van der Waals surface area contributed by atoms with E-state index in [0.717, 1.165) is 11.7 Å². The lowest BCUT2D eigenvalue weighted by Crippen LogP contribution is -2.17. The third kappa shape index (κ3) is 2.38. The number of nitrogens with two attached hydrogens (primary N) is 1. The van der Waals surface area contributed by atoms with Crippen molar-refractivity contribution < 1.29 is 4.74 Å². The molecule has 1 aliphatic carbocycles. The van der Waals surface area contributed by atoms with E-state index >= 15 is 0 Å². The van der Waals surface area contributed by atoms with Gasteiger partial charge >= 0.3 is 0 Å². The Balaban J connectivity index is 2.08. The minimum absolute atomic E-state index is 0.497. The molecule has 4 heteroatoms. The van der Waals surface area contributed by atoms with Crippen molar-refractivity contribution >= 4 is 11.5 Å². The van der Waals surface area contributed by atoms with E-state index in [4.69, 9.17) is 10.5 Å². The number of aromatic nitrogens is 1. The Bertz CT molecular complexity index is 367. The van der Waals surface area contributed by atoms with E-state index in [1.165, 1.54) is 19.3 Å². The Morgan fingerprint density at radius 3 is 2.88 bits per heavy atom. The van der Waals surface area contributed by atoms with E-state index in [9.17, 15) is 0 Å². The molecule has 88 valence electrons. The van der Waals surface area contributed by atoms with Crippen LogP contribution in [0.4, 0.5) is 11.5 Å². The number of nitrogen functional groups attached to an aromatic ring is 1. The number of anilines is 2. The first-order valence-corrected chi connectivity index (χ1v) is 5.76. The zero-order valence-corrected chi connectivity index (χ0v) is 9.86. The van der Waals surface area contributed by atoms with Crippen LogP contribution >= 0.6 is 0 Å². The lowest BCUT2D eigenvalue weighted by molar-refractivity contribution is 0.398. The van der Waals surface area contributed by atoms with Crippen molar-refractivity contribution in [1.82, 2.24) is 4.98 Å². The van der Waals surface area contributed by atoms with E-state index in [1.54, 1.807) is 13.2 Å². The van der Waals surface area contributed by atoms with Crippen LogP contribution in [0, 0.1) is 5.92 Å². The molecule has 16 heavy (non-hydrogen) atoms. The fourth-order valence-corrected chi connectivity index (χ4v) is 2.21.